The molecule has 0 heterocycles. The molecule has 2 aromatic rings. The first-order valence-electron chi connectivity index (χ1n) is 13.0. The Morgan fingerprint density at radius 3 is 1.97 bits per heavy atom. The minimum atomic E-state index is 0.296. The van der Waals surface area contributed by atoms with Gasteiger partial charge in [-0.05, 0) is 89.7 Å². The van der Waals surface area contributed by atoms with E-state index >= 15 is 0 Å². The summed E-state index contributed by atoms with van der Waals surface area (Å²) in [6.07, 6.45) is 12.1. The van der Waals surface area contributed by atoms with Crippen LogP contribution < -0.4 is 0 Å². The molecule has 1 N–H and O–H groups in total. The molecule has 4 rings (SSSR count). The predicted molar refractivity (Wildman–Crippen MR) is 137 cm³/mol. The van der Waals surface area contributed by atoms with Crippen molar-refractivity contribution in [3.63, 3.8) is 0 Å². The van der Waals surface area contributed by atoms with Crippen molar-refractivity contribution < 1.29 is 5.11 Å². The van der Waals surface area contributed by atoms with Crippen LogP contribution in [0, 0.1) is 23.2 Å². The normalized spacial score (nSPS) is 22.9. The average molecular weight is 431 g/mol. The maximum absolute atomic E-state index is 9.90. The summed E-state index contributed by atoms with van der Waals surface area (Å²) in [5.74, 6) is 2.95. The molecule has 0 spiro atoms. The van der Waals surface area contributed by atoms with Gasteiger partial charge in [-0.1, -0.05) is 95.3 Å². The molecule has 0 amide bonds. The van der Waals surface area contributed by atoms with E-state index in [1.165, 1.54) is 67.2 Å². The fourth-order valence-electron chi connectivity index (χ4n) is 6.43. The van der Waals surface area contributed by atoms with Crippen molar-refractivity contribution in [3.05, 3.63) is 70.8 Å². The van der Waals surface area contributed by atoms with Gasteiger partial charge >= 0.3 is 0 Å². The third-order valence-electron chi connectivity index (χ3n) is 7.87. The zero-order chi connectivity index (χ0) is 22.7. The van der Waals surface area contributed by atoms with Crippen LogP contribution in [0.4, 0.5) is 0 Å². The maximum Gasteiger partial charge on any atom is 0.115 e. The summed E-state index contributed by atoms with van der Waals surface area (Å²) in [5.41, 5.74) is 7.31. The smallest absolute Gasteiger partial charge is 0.115 e. The largest absolute Gasteiger partial charge is 0.508 e. The monoisotopic (exact) mass is 430 g/mol. The molecule has 32 heavy (non-hydrogen) atoms. The van der Waals surface area contributed by atoms with E-state index in [-0.39, 0.29) is 0 Å². The average Bonchev–Trinajstić information content (AvgIpc) is 3.44. The molecule has 0 bridgehead atoms. The number of phenols is 1. The van der Waals surface area contributed by atoms with Crippen molar-refractivity contribution in [2.75, 3.05) is 0 Å². The molecular weight excluding hydrogens is 388 g/mol. The highest BCUT2D eigenvalue weighted by Gasteiger charge is 2.34. The highest BCUT2D eigenvalue weighted by molar-refractivity contribution is 5.82. The van der Waals surface area contributed by atoms with Crippen molar-refractivity contribution in [2.45, 2.75) is 85.5 Å². The zero-order valence-electron chi connectivity index (χ0n) is 20.7. The lowest BCUT2D eigenvalue weighted by Crippen LogP contribution is -2.10. The Morgan fingerprint density at radius 1 is 0.812 bits per heavy atom. The van der Waals surface area contributed by atoms with Crippen molar-refractivity contribution >= 4 is 5.57 Å². The fourth-order valence-corrected chi connectivity index (χ4v) is 6.43. The van der Waals surface area contributed by atoms with Gasteiger partial charge in [0.1, 0.15) is 5.75 Å². The number of phenolic OH excluding ortho intramolecular Hbond substituents is 1. The number of allylic oxidation sites excluding steroid dienone is 1. The van der Waals surface area contributed by atoms with Crippen LogP contribution in [-0.4, -0.2) is 5.11 Å². The summed E-state index contributed by atoms with van der Waals surface area (Å²) in [6, 6.07) is 17.2. The summed E-state index contributed by atoms with van der Waals surface area (Å²) >= 11 is 0. The van der Waals surface area contributed by atoms with Gasteiger partial charge in [-0.3, -0.25) is 0 Å². The summed E-state index contributed by atoms with van der Waals surface area (Å²) in [4.78, 5) is 0. The van der Waals surface area contributed by atoms with Gasteiger partial charge in [0.25, 0.3) is 0 Å². The van der Waals surface area contributed by atoms with E-state index in [1.807, 2.05) is 12.1 Å². The molecule has 1 nitrogen and oxygen atoms in total. The first-order chi connectivity index (χ1) is 15.3. The molecule has 0 aromatic heterocycles. The summed E-state index contributed by atoms with van der Waals surface area (Å²) in [6.45, 7) is 9.25. The van der Waals surface area contributed by atoms with Crippen molar-refractivity contribution in [1.29, 1.82) is 0 Å². The minimum absolute atomic E-state index is 0.296. The highest BCUT2D eigenvalue weighted by atomic mass is 16.3. The van der Waals surface area contributed by atoms with Gasteiger partial charge in [-0.15, -0.1) is 0 Å². The van der Waals surface area contributed by atoms with E-state index in [1.54, 1.807) is 5.57 Å². The highest BCUT2D eigenvalue weighted by Crippen LogP contribution is 2.47. The summed E-state index contributed by atoms with van der Waals surface area (Å²) < 4.78 is 0. The molecular formula is C31H42O. The second-order valence-electron chi connectivity index (χ2n) is 11.5. The first kappa shape index (κ1) is 23.1. The molecule has 2 unspecified atom stereocenters. The van der Waals surface area contributed by atoms with Crippen LogP contribution in [0.3, 0.4) is 0 Å². The number of aromatic hydroxyl groups is 1. The number of rotatable bonds is 6. The second-order valence-corrected chi connectivity index (χ2v) is 11.5. The molecule has 2 aliphatic carbocycles. The van der Waals surface area contributed by atoms with Gasteiger partial charge in [-0.25, -0.2) is 0 Å². The first-order valence-corrected chi connectivity index (χ1v) is 13.0. The van der Waals surface area contributed by atoms with E-state index in [4.69, 9.17) is 0 Å². The molecule has 2 atom stereocenters. The van der Waals surface area contributed by atoms with Gasteiger partial charge in [-0.2, -0.15) is 0 Å². The number of hydrogen-bond donors (Lipinski definition) is 1. The standard InChI is InChI=1S/C31H42O/c1-5-29(27-15-14-26(20-27)23-8-6-7-9-23)30(25-16-18-28(32)19-17-25)24-12-10-22(11-13-24)21-31(2,3)4/h10-13,16-19,23,26-27,32H,5-9,14-15,20-21H2,1-4H3. The van der Waals surface area contributed by atoms with Crippen molar-refractivity contribution in [3.8, 4) is 5.75 Å². The van der Waals surface area contributed by atoms with Crippen LogP contribution in [0.2, 0.25) is 0 Å². The van der Waals surface area contributed by atoms with Gasteiger partial charge in [0, 0.05) is 0 Å². The van der Waals surface area contributed by atoms with Crippen molar-refractivity contribution in [1.82, 2.24) is 0 Å². The molecule has 2 saturated carbocycles. The topological polar surface area (TPSA) is 20.2 Å². The Kier molecular flexibility index (Phi) is 7.13. The Balaban J connectivity index is 1.69. The van der Waals surface area contributed by atoms with Gasteiger partial charge in [0.05, 0.1) is 0 Å². The summed E-state index contributed by atoms with van der Waals surface area (Å²) in [7, 11) is 0. The quantitative estimate of drug-likeness (QED) is 0.485. The SMILES string of the molecule is CCC(=C(c1ccc(O)cc1)c1ccc(CC(C)(C)C)cc1)C1CCC(C2CCCC2)C1. The Bertz CT molecular complexity index is 904. The molecule has 2 aromatic carbocycles. The lowest BCUT2D eigenvalue weighted by Gasteiger charge is -2.23. The second kappa shape index (κ2) is 9.86. The van der Waals surface area contributed by atoms with Crippen LogP contribution >= 0.6 is 0 Å². The lowest BCUT2D eigenvalue weighted by molar-refractivity contribution is 0.340. The van der Waals surface area contributed by atoms with Crippen LogP contribution in [0.15, 0.2) is 54.1 Å². The lowest BCUT2D eigenvalue weighted by atomic mass is 9.82. The molecule has 2 aliphatic rings. The fraction of sp³-hybridized carbons (Fsp3) is 0.548. The number of hydrogen-bond acceptors (Lipinski definition) is 1. The van der Waals surface area contributed by atoms with Gasteiger partial charge in [0.15, 0.2) is 0 Å². The van der Waals surface area contributed by atoms with Crippen LogP contribution in [-0.2, 0) is 6.42 Å². The van der Waals surface area contributed by atoms with E-state index < -0.39 is 0 Å². The van der Waals surface area contributed by atoms with E-state index in [0.717, 1.165) is 24.7 Å². The maximum atomic E-state index is 9.90. The van der Waals surface area contributed by atoms with Crippen LogP contribution in [0.1, 0.15) is 95.8 Å². The zero-order valence-corrected chi connectivity index (χ0v) is 20.7. The molecule has 1 heteroatoms. The van der Waals surface area contributed by atoms with Gasteiger partial charge < -0.3 is 5.11 Å². The molecule has 0 radical (unpaired) electrons. The van der Waals surface area contributed by atoms with Gasteiger partial charge in [0.2, 0.25) is 0 Å². The summed E-state index contributed by atoms with van der Waals surface area (Å²) in [5, 5.41) is 9.90. The Hall–Kier alpha value is -2.02. The third kappa shape index (κ3) is 5.48. The third-order valence-corrected chi connectivity index (χ3v) is 7.87. The molecule has 2 fully saturated rings. The van der Waals surface area contributed by atoms with Crippen molar-refractivity contribution in [2.24, 2.45) is 23.2 Å². The Labute approximate surface area is 196 Å². The Morgan fingerprint density at radius 2 is 1.41 bits per heavy atom. The van der Waals surface area contributed by atoms with E-state index in [0.29, 0.717) is 17.1 Å². The molecule has 0 aliphatic heterocycles. The molecule has 172 valence electrons. The molecule has 0 saturated heterocycles. The predicted octanol–water partition coefficient (Wildman–Crippen LogP) is 8.80. The van der Waals surface area contributed by atoms with Crippen LogP contribution in [0.25, 0.3) is 5.57 Å². The number of benzene rings is 2. The van der Waals surface area contributed by atoms with Crippen LogP contribution in [0.5, 0.6) is 5.75 Å². The minimum Gasteiger partial charge on any atom is -0.508 e. The van der Waals surface area contributed by atoms with E-state index in [9.17, 15) is 5.11 Å². The van der Waals surface area contributed by atoms with E-state index in [2.05, 4.69) is 64.1 Å².